The fourth-order valence-electron chi connectivity index (χ4n) is 2.91. The van der Waals surface area contributed by atoms with Gasteiger partial charge in [0, 0.05) is 52.8 Å². The predicted octanol–water partition coefficient (Wildman–Crippen LogP) is 4.57. The van der Waals surface area contributed by atoms with Gasteiger partial charge in [-0.15, -0.1) is 0 Å². The molecule has 0 spiro atoms. The van der Waals surface area contributed by atoms with E-state index in [2.05, 4.69) is 15.3 Å². The molecule has 2 heterocycles. The van der Waals surface area contributed by atoms with Gasteiger partial charge in [-0.3, -0.25) is 9.20 Å². The number of methoxy groups -OCH3 is 1. The number of hydrogen-bond acceptors (Lipinski definition) is 5. The summed E-state index contributed by atoms with van der Waals surface area (Å²) in [5.41, 5.74) is 2.18. The third-order valence-electron chi connectivity index (χ3n) is 4.40. The Morgan fingerprint density at radius 1 is 1.17 bits per heavy atom. The molecule has 4 rings (SSSR count). The second-order valence-corrected chi connectivity index (χ2v) is 7.60. The normalized spacial score (nSPS) is 10.9. The van der Waals surface area contributed by atoms with Crippen LogP contribution in [0.5, 0.6) is 5.75 Å². The molecule has 0 fully saturated rings. The summed E-state index contributed by atoms with van der Waals surface area (Å²) >= 11 is 8.18. The van der Waals surface area contributed by atoms with Crippen molar-refractivity contribution in [3.63, 3.8) is 0 Å². The van der Waals surface area contributed by atoms with Crippen molar-refractivity contribution >= 4 is 35.0 Å². The van der Waals surface area contributed by atoms with Crippen molar-refractivity contribution < 1.29 is 9.53 Å². The van der Waals surface area contributed by atoms with Gasteiger partial charge in [-0.1, -0.05) is 29.4 Å². The fraction of sp³-hybridized carbons (Fsp3) is 0.0952. The Kier molecular flexibility index (Phi) is 5.42. The molecule has 0 bridgehead atoms. The van der Waals surface area contributed by atoms with E-state index in [-0.39, 0.29) is 5.91 Å². The lowest BCUT2D eigenvalue weighted by Gasteiger charge is -2.15. The molecule has 146 valence electrons. The molecular formula is C21H17ClN4O2S. The van der Waals surface area contributed by atoms with E-state index in [1.54, 1.807) is 32.6 Å². The Morgan fingerprint density at radius 3 is 2.69 bits per heavy atom. The lowest BCUT2D eigenvalue weighted by Crippen LogP contribution is -2.18. The van der Waals surface area contributed by atoms with Crippen LogP contribution in [0.25, 0.3) is 16.9 Å². The number of fused-ring (bicyclic) bond motifs is 1. The van der Waals surface area contributed by atoms with Crippen molar-refractivity contribution in [2.45, 2.75) is 9.79 Å². The maximum absolute atomic E-state index is 12.3. The third kappa shape index (κ3) is 3.79. The number of carbonyl (C=O) groups excluding carboxylic acids is 1. The maximum atomic E-state index is 12.3. The number of benzene rings is 2. The van der Waals surface area contributed by atoms with E-state index < -0.39 is 0 Å². The van der Waals surface area contributed by atoms with Crippen LogP contribution in [0.1, 0.15) is 10.4 Å². The molecular weight excluding hydrogens is 408 g/mol. The van der Waals surface area contributed by atoms with Crippen molar-refractivity contribution in [1.82, 2.24) is 19.7 Å². The van der Waals surface area contributed by atoms with E-state index in [9.17, 15) is 4.79 Å². The molecule has 1 N–H and O–H groups in total. The van der Waals surface area contributed by atoms with Gasteiger partial charge in [0.15, 0.2) is 0 Å². The van der Waals surface area contributed by atoms with Gasteiger partial charge in [0.25, 0.3) is 5.91 Å². The zero-order chi connectivity index (χ0) is 20.4. The number of nitrogens with one attached hydrogen (secondary N) is 1. The van der Waals surface area contributed by atoms with Gasteiger partial charge in [0.2, 0.25) is 5.78 Å². The molecule has 0 aliphatic rings. The molecule has 0 aliphatic heterocycles. The van der Waals surface area contributed by atoms with Crippen molar-refractivity contribution in [2.75, 3.05) is 14.2 Å². The average molecular weight is 425 g/mol. The highest BCUT2D eigenvalue weighted by Gasteiger charge is 2.19. The summed E-state index contributed by atoms with van der Waals surface area (Å²) in [4.78, 5) is 22.6. The average Bonchev–Trinajstić information content (AvgIpc) is 3.23. The van der Waals surface area contributed by atoms with E-state index >= 15 is 0 Å². The number of carbonyl (C=O) groups is 1. The monoisotopic (exact) mass is 424 g/mol. The molecule has 0 unspecified atom stereocenters. The smallest absolute Gasteiger partial charge is 0.252 e. The number of rotatable bonds is 5. The zero-order valence-electron chi connectivity index (χ0n) is 15.7. The third-order valence-corrected chi connectivity index (χ3v) is 6.05. The minimum absolute atomic E-state index is 0.235. The summed E-state index contributed by atoms with van der Waals surface area (Å²) in [5.74, 6) is 1.15. The maximum Gasteiger partial charge on any atom is 0.252 e. The van der Waals surface area contributed by atoms with Gasteiger partial charge in [0.1, 0.15) is 5.75 Å². The molecule has 8 heteroatoms. The van der Waals surface area contributed by atoms with E-state index in [0.717, 1.165) is 26.7 Å². The zero-order valence-corrected chi connectivity index (χ0v) is 17.3. The highest BCUT2D eigenvalue weighted by atomic mass is 35.5. The van der Waals surface area contributed by atoms with Gasteiger partial charge in [-0.2, -0.15) is 0 Å². The quantitative estimate of drug-likeness (QED) is 0.508. The number of imidazole rings is 1. The Bertz CT molecular complexity index is 1190. The minimum atomic E-state index is -0.235. The molecule has 1 amide bonds. The molecule has 6 nitrogen and oxygen atoms in total. The molecule has 29 heavy (non-hydrogen) atoms. The second kappa shape index (κ2) is 8.14. The first-order chi connectivity index (χ1) is 14.1. The number of nitrogens with zero attached hydrogens (tertiary/aromatic N) is 3. The predicted molar refractivity (Wildman–Crippen MR) is 114 cm³/mol. The van der Waals surface area contributed by atoms with Crippen molar-refractivity contribution in [3.8, 4) is 16.9 Å². The van der Waals surface area contributed by atoms with Crippen LogP contribution in [0.2, 0.25) is 5.02 Å². The highest BCUT2D eigenvalue weighted by molar-refractivity contribution is 7.99. The summed E-state index contributed by atoms with van der Waals surface area (Å²) in [6.07, 6.45) is 7.23. The van der Waals surface area contributed by atoms with Crippen LogP contribution in [0.4, 0.5) is 0 Å². The van der Waals surface area contributed by atoms with E-state index in [1.807, 2.05) is 47.1 Å². The number of halogens is 1. The summed E-state index contributed by atoms with van der Waals surface area (Å²) in [6.45, 7) is 0. The lowest BCUT2D eigenvalue weighted by atomic mass is 10.1. The number of aromatic nitrogens is 3. The summed E-state index contributed by atoms with van der Waals surface area (Å²) in [7, 11) is 3.21. The first kappa shape index (κ1) is 19.3. The number of amides is 1. The van der Waals surface area contributed by atoms with Gasteiger partial charge >= 0.3 is 0 Å². The van der Waals surface area contributed by atoms with Crippen molar-refractivity contribution in [3.05, 3.63) is 71.8 Å². The Morgan fingerprint density at radius 2 is 1.97 bits per heavy atom. The van der Waals surface area contributed by atoms with E-state index in [0.29, 0.717) is 16.4 Å². The van der Waals surface area contributed by atoms with Gasteiger partial charge in [-0.25, -0.2) is 9.97 Å². The minimum Gasteiger partial charge on any atom is -0.497 e. The van der Waals surface area contributed by atoms with Gasteiger partial charge < -0.3 is 10.1 Å². The largest absolute Gasteiger partial charge is 0.497 e. The second-order valence-electron chi connectivity index (χ2n) is 6.14. The van der Waals surface area contributed by atoms with Gasteiger partial charge in [-0.05, 0) is 30.3 Å². The van der Waals surface area contributed by atoms with Crippen LogP contribution in [0.3, 0.4) is 0 Å². The molecule has 2 aromatic heterocycles. The topological polar surface area (TPSA) is 68.5 Å². The first-order valence-corrected chi connectivity index (χ1v) is 9.95. The summed E-state index contributed by atoms with van der Waals surface area (Å²) in [5, 5.41) is 3.03. The molecule has 0 radical (unpaired) electrons. The molecule has 4 aromatic rings. The molecule has 0 atom stereocenters. The first-order valence-electron chi connectivity index (χ1n) is 8.76. The Hall–Kier alpha value is -3.03. The lowest BCUT2D eigenvalue weighted by molar-refractivity contribution is 0.0963. The van der Waals surface area contributed by atoms with Crippen LogP contribution in [-0.4, -0.2) is 34.4 Å². The highest BCUT2D eigenvalue weighted by Crippen LogP contribution is 2.42. The standard InChI is InChI=1S/C21H17ClN4O2S/c1-23-20(27)17-8-7-16(13-11-25-21-24-9-10-26(21)12-13)19(18(17)22)29-15-5-3-14(28-2)4-6-15/h3-12H,1-2H3,(H,23,27). The molecule has 0 saturated heterocycles. The van der Waals surface area contributed by atoms with Crippen LogP contribution < -0.4 is 10.1 Å². The van der Waals surface area contributed by atoms with E-state index in [4.69, 9.17) is 16.3 Å². The van der Waals surface area contributed by atoms with Crippen LogP contribution in [0.15, 0.2) is 71.0 Å². The van der Waals surface area contributed by atoms with Gasteiger partial charge in [0.05, 0.1) is 17.7 Å². The van der Waals surface area contributed by atoms with Crippen LogP contribution in [0, 0.1) is 0 Å². The summed E-state index contributed by atoms with van der Waals surface area (Å²) in [6, 6.07) is 11.3. The Balaban J connectivity index is 1.84. The fourth-order valence-corrected chi connectivity index (χ4v) is 4.28. The SMILES string of the molecule is CNC(=O)c1ccc(-c2cnc3nccn3c2)c(Sc2ccc(OC)cc2)c1Cl. The van der Waals surface area contributed by atoms with Crippen molar-refractivity contribution in [2.24, 2.45) is 0 Å². The van der Waals surface area contributed by atoms with Crippen molar-refractivity contribution in [1.29, 1.82) is 0 Å². The van der Waals surface area contributed by atoms with Crippen LogP contribution >= 0.6 is 23.4 Å². The number of ether oxygens (including phenoxy) is 1. The molecule has 0 aliphatic carbocycles. The molecule has 2 aromatic carbocycles. The Labute approximate surface area is 176 Å². The molecule has 0 saturated carbocycles. The van der Waals surface area contributed by atoms with Crippen LogP contribution in [-0.2, 0) is 0 Å². The summed E-state index contributed by atoms with van der Waals surface area (Å²) < 4.78 is 7.07. The number of hydrogen-bond donors (Lipinski definition) is 1. The van der Waals surface area contributed by atoms with E-state index in [1.165, 1.54) is 11.8 Å².